The van der Waals surface area contributed by atoms with Gasteiger partial charge >= 0.3 is 5.97 Å². The molecule has 5 unspecified atom stereocenters. The van der Waals surface area contributed by atoms with Crippen molar-refractivity contribution in [3.8, 4) is 0 Å². The highest BCUT2D eigenvalue weighted by Gasteiger charge is 2.32. The van der Waals surface area contributed by atoms with Crippen LogP contribution in [0.5, 0.6) is 0 Å². The highest BCUT2D eigenvalue weighted by molar-refractivity contribution is 5.96. The average molecular weight is 502 g/mol. The predicted octanol–water partition coefficient (Wildman–Crippen LogP) is -2.83. The molecule has 0 heterocycles. The molecule has 0 aliphatic heterocycles. The van der Waals surface area contributed by atoms with Crippen LogP contribution in [0.1, 0.15) is 58.8 Å². The van der Waals surface area contributed by atoms with Crippen LogP contribution in [0.3, 0.4) is 0 Å². The zero-order valence-electron chi connectivity index (χ0n) is 20.2. The Morgan fingerprint density at radius 2 is 1.40 bits per heavy atom. The lowest BCUT2D eigenvalue weighted by Crippen LogP contribution is -2.58. The Kier molecular flexibility index (Phi) is 14.9. The molecule has 5 amide bonds. The number of nitrogens with one attached hydrogen (secondary N) is 3. The summed E-state index contributed by atoms with van der Waals surface area (Å²) in [6, 6.07) is -4.96. The second-order valence-corrected chi connectivity index (χ2v) is 8.40. The van der Waals surface area contributed by atoms with Gasteiger partial charge in [0.05, 0.1) is 12.5 Å². The Morgan fingerprint density at radius 1 is 0.829 bits per heavy atom. The molecule has 0 aliphatic carbocycles. The quantitative estimate of drug-likeness (QED) is 0.0898. The number of carbonyl (C=O) groups excluding carboxylic acids is 5. The fraction of sp³-hybridized carbons (Fsp3) is 0.714. The van der Waals surface area contributed by atoms with E-state index in [1.165, 1.54) is 0 Å². The topological polar surface area (TPSA) is 263 Å². The minimum atomic E-state index is -1.47. The van der Waals surface area contributed by atoms with Gasteiger partial charge in [-0.2, -0.15) is 0 Å². The third kappa shape index (κ3) is 12.7. The van der Waals surface area contributed by atoms with Gasteiger partial charge in [0.15, 0.2) is 0 Å². The van der Waals surface area contributed by atoms with Crippen LogP contribution in [-0.2, 0) is 28.8 Å². The van der Waals surface area contributed by atoms with Crippen LogP contribution < -0.4 is 38.9 Å². The smallest absolute Gasteiger partial charge is 0.326 e. The molecule has 14 nitrogen and oxygen atoms in total. The molecule has 200 valence electrons. The first kappa shape index (κ1) is 31.7. The van der Waals surface area contributed by atoms with E-state index in [4.69, 9.17) is 22.9 Å². The minimum absolute atomic E-state index is 0.0306. The number of aliphatic carboxylic acids is 1. The van der Waals surface area contributed by atoms with E-state index in [-0.39, 0.29) is 19.3 Å². The number of carboxylic acids is 1. The average Bonchev–Trinajstić information content (AvgIpc) is 2.78. The number of hydrogen-bond donors (Lipinski definition) is 8. The summed E-state index contributed by atoms with van der Waals surface area (Å²) in [5.74, 6) is -5.65. The molecule has 12 N–H and O–H groups in total. The van der Waals surface area contributed by atoms with Gasteiger partial charge in [0, 0.05) is 6.42 Å². The van der Waals surface area contributed by atoms with Crippen LogP contribution in [0.2, 0.25) is 0 Å². The SMILES string of the molecule is CCC(C)C(NC(=O)C(CC(N)=O)NC(=O)C(CCCCN)NC(=O)C(N)CCC(N)=O)C(=O)O. The fourth-order valence-electron chi connectivity index (χ4n) is 3.09. The maximum atomic E-state index is 12.9. The van der Waals surface area contributed by atoms with Crippen LogP contribution in [0.25, 0.3) is 0 Å². The van der Waals surface area contributed by atoms with Gasteiger partial charge < -0.3 is 44.0 Å². The highest BCUT2D eigenvalue weighted by Crippen LogP contribution is 2.09. The molecular weight excluding hydrogens is 462 g/mol. The second-order valence-electron chi connectivity index (χ2n) is 8.40. The molecule has 0 aromatic heterocycles. The number of carbonyl (C=O) groups is 6. The molecule has 0 aromatic rings. The molecule has 35 heavy (non-hydrogen) atoms. The number of carboxylic acid groups (broad SMARTS) is 1. The van der Waals surface area contributed by atoms with E-state index in [1.54, 1.807) is 13.8 Å². The molecular formula is C21H39N7O7. The maximum absolute atomic E-state index is 12.9. The number of primary amides is 2. The molecule has 0 radical (unpaired) electrons. The number of nitrogens with two attached hydrogens (primary N) is 4. The molecule has 0 fully saturated rings. The first-order valence-corrected chi connectivity index (χ1v) is 11.5. The normalized spacial score (nSPS) is 15.1. The summed E-state index contributed by atoms with van der Waals surface area (Å²) in [4.78, 5) is 72.1. The van der Waals surface area contributed by atoms with E-state index in [9.17, 15) is 33.9 Å². The van der Waals surface area contributed by atoms with Crippen molar-refractivity contribution in [1.82, 2.24) is 16.0 Å². The number of rotatable bonds is 18. The molecule has 0 aliphatic rings. The molecule has 0 spiro atoms. The van der Waals surface area contributed by atoms with Gasteiger partial charge in [-0.05, 0) is 38.1 Å². The number of hydrogen-bond acceptors (Lipinski definition) is 8. The molecule has 0 bridgehead atoms. The van der Waals surface area contributed by atoms with E-state index in [1.807, 2.05) is 0 Å². The lowest BCUT2D eigenvalue weighted by atomic mass is 9.98. The number of unbranched alkanes of at least 4 members (excludes halogenated alkanes) is 1. The van der Waals surface area contributed by atoms with Crippen molar-refractivity contribution in [3.63, 3.8) is 0 Å². The van der Waals surface area contributed by atoms with E-state index >= 15 is 0 Å². The lowest BCUT2D eigenvalue weighted by molar-refractivity contribution is -0.144. The summed E-state index contributed by atoms with van der Waals surface area (Å²) < 4.78 is 0. The van der Waals surface area contributed by atoms with Gasteiger partial charge in [0.25, 0.3) is 0 Å². The Morgan fingerprint density at radius 3 is 1.89 bits per heavy atom. The molecule has 0 saturated carbocycles. The van der Waals surface area contributed by atoms with Gasteiger partial charge in [0.1, 0.15) is 18.1 Å². The standard InChI is InChI=1S/C21H39N7O7/c1-3-11(2)17(21(34)35)28-20(33)14(10-16(25)30)27-19(32)13(6-4-5-9-22)26-18(31)12(23)7-8-15(24)29/h11-14,17H,3-10,22-23H2,1-2H3,(H2,24,29)(H2,25,30)(H,26,31)(H,27,32)(H,28,33)(H,34,35). The van der Waals surface area contributed by atoms with E-state index < -0.39 is 72.0 Å². The highest BCUT2D eigenvalue weighted by atomic mass is 16.4. The number of amides is 5. The first-order valence-electron chi connectivity index (χ1n) is 11.5. The molecule has 5 atom stereocenters. The van der Waals surface area contributed by atoms with Crippen molar-refractivity contribution in [3.05, 3.63) is 0 Å². The van der Waals surface area contributed by atoms with Crippen LogP contribution in [0, 0.1) is 5.92 Å². The van der Waals surface area contributed by atoms with Crippen molar-refractivity contribution in [2.24, 2.45) is 28.9 Å². The second kappa shape index (κ2) is 16.4. The Balaban J connectivity index is 5.55. The van der Waals surface area contributed by atoms with Gasteiger partial charge in [-0.1, -0.05) is 20.3 Å². The van der Waals surface area contributed by atoms with Crippen molar-refractivity contribution >= 4 is 35.5 Å². The van der Waals surface area contributed by atoms with E-state index in [0.717, 1.165) is 0 Å². The van der Waals surface area contributed by atoms with Crippen molar-refractivity contribution in [2.75, 3.05) is 6.54 Å². The third-order valence-electron chi connectivity index (χ3n) is 5.43. The monoisotopic (exact) mass is 501 g/mol. The summed E-state index contributed by atoms with van der Waals surface area (Å²) in [6.45, 7) is 3.72. The van der Waals surface area contributed by atoms with Gasteiger partial charge in [-0.25, -0.2) is 4.79 Å². The van der Waals surface area contributed by atoms with Crippen LogP contribution in [-0.4, -0.2) is 71.3 Å². The molecule has 0 aromatic carbocycles. The van der Waals surface area contributed by atoms with Gasteiger partial charge in [0.2, 0.25) is 29.5 Å². The lowest BCUT2D eigenvalue weighted by Gasteiger charge is -2.26. The fourth-order valence-corrected chi connectivity index (χ4v) is 3.09. The minimum Gasteiger partial charge on any atom is -0.480 e. The summed E-state index contributed by atoms with van der Waals surface area (Å²) >= 11 is 0. The van der Waals surface area contributed by atoms with Crippen molar-refractivity contribution in [1.29, 1.82) is 0 Å². The summed E-state index contributed by atoms with van der Waals surface area (Å²) in [7, 11) is 0. The first-order chi connectivity index (χ1) is 16.3. The zero-order valence-corrected chi connectivity index (χ0v) is 20.2. The third-order valence-corrected chi connectivity index (χ3v) is 5.43. The van der Waals surface area contributed by atoms with Crippen LogP contribution >= 0.6 is 0 Å². The van der Waals surface area contributed by atoms with Crippen LogP contribution in [0.15, 0.2) is 0 Å². The van der Waals surface area contributed by atoms with Gasteiger partial charge in [-0.3, -0.25) is 24.0 Å². The molecule has 0 rings (SSSR count). The summed E-state index contributed by atoms with van der Waals surface area (Å²) in [5, 5.41) is 16.6. The van der Waals surface area contributed by atoms with E-state index in [0.29, 0.717) is 25.8 Å². The molecule has 0 saturated heterocycles. The predicted molar refractivity (Wildman–Crippen MR) is 126 cm³/mol. The van der Waals surface area contributed by atoms with Crippen LogP contribution in [0.4, 0.5) is 0 Å². The Hall–Kier alpha value is -3.26. The van der Waals surface area contributed by atoms with Crippen molar-refractivity contribution < 1.29 is 33.9 Å². The zero-order chi connectivity index (χ0) is 27.1. The summed E-state index contributed by atoms with van der Waals surface area (Å²) in [6.07, 6.45) is 0.854. The summed E-state index contributed by atoms with van der Waals surface area (Å²) in [5.41, 5.74) is 21.5. The van der Waals surface area contributed by atoms with Crippen molar-refractivity contribution in [2.45, 2.75) is 83.0 Å². The maximum Gasteiger partial charge on any atom is 0.326 e. The largest absolute Gasteiger partial charge is 0.480 e. The van der Waals surface area contributed by atoms with E-state index in [2.05, 4.69) is 16.0 Å². The molecule has 14 heteroatoms. The Bertz CT molecular complexity index is 762. The Labute approximate surface area is 204 Å². The van der Waals surface area contributed by atoms with Gasteiger partial charge in [-0.15, -0.1) is 0 Å².